The first-order chi connectivity index (χ1) is 9.17. The summed E-state index contributed by atoms with van der Waals surface area (Å²) >= 11 is 0. The first-order valence-electron chi connectivity index (χ1n) is 6.36. The molecule has 3 N–H and O–H groups in total. The molecule has 102 valence electrons. The van der Waals surface area contributed by atoms with E-state index >= 15 is 0 Å². The van der Waals surface area contributed by atoms with Gasteiger partial charge in [-0.05, 0) is 18.2 Å². The van der Waals surface area contributed by atoms with Crippen molar-refractivity contribution in [1.29, 1.82) is 5.26 Å². The van der Waals surface area contributed by atoms with E-state index in [0.717, 1.165) is 17.8 Å². The molecular weight excluding hydrogens is 240 g/mol. The zero-order valence-corrected chi connectivity index (χ0v) is 11.2. The molecular formula is C14H20N4O. The highest BCUT2D eigenvalue weighted by Crippen LogP contribution is 2.12. The number of rotatable bonds is 7. The molecule has 0 saturated carbocycles. The fourth-order valence-electron chi connectivity index (χ4n) is 1.72. The van der Waals surface area contributed by atoms with Crippen LogP contribution in [0.15, 0.2) is 24.3 Å². The summed E-state index contributed by atoms with van der Waals surface area (Å²) in [5, 5.41) is 11.1. The molecule has 0 unspecified atom stereocenters. The number of nitriles is 1. The number of anilines is 1. The minimum atomic E-state index is -0.0633. The molecule has 5 heteroatoms. The Bertz CT molecular complexity index is 453. The molecule has 0 atom stereocenters. The number of hydrogen-bond acceptors (Lipinski definition) is 4. The summed E-state index contributed by atoms with van der Waals surface area (Å²) in [5.74, 6) is -0.0633. The SMILES string of the molecule is CCN(CC(=O)NCCC#N)Cc1ccccc1N. The fourth-order valence-corrected chi connectivity index (χ4v) is 1.72. The topological polar surface area (TPSA) is 82.2 Å². The first kappa shape index (κ1) is 15.0. The highest BCUT2D eigenvalue weighted by atomic mass is 16.2. The summed E-state index contributed by atoms with van der Waals surface area (Å²) in [6.07, 6.45) is 0.337. The molecule has 0 aromatic heterocycles. The number of nitrogen functional groups attached to an aromatic ring is 1. The predicted octanol–water partition coefficient (Wildman–Crippen LogP) is 1.12. The Morgan fingerprint density at radius 1 is 1.47 bits per heavy atom. The molecule has 1 aromatic carbocycles. The lowest BCUT2D eigenvalue weighted by atomic mass is 10.1. The van der Waals surface area contributed by atoms with Crippen LogP contribution >= 0.6 is 0 Å². The maximum Gasteiger partial charge on any atom is 0.234 e. The smallest absolute Gasteiger partial charge is 0.234 e. The molecule has 0 bridgehead atoms. The lowest BCUT2D eigenvalue weighted by molar-refractivity contribution is -0.122. The molecule has 0 aliphatic carbocycles. The molecule has 0 saturated heterocycles. The number of hydrogen-bond donors (Lipinski definition) is 2. The van der Waals surface area contributed by atoms with Gasteiger partial charge < -0.3 is 11.1 Å². The van der Waals surface area contributed by atoms with E-state index in [0.29, 0.717) is 26.1 Å². The van der Waals surface area contributed by atoms with Gasteiger partial charge in [0.15, 0.2) is 0 Å². The number of nitrogens with zero attached hydrogens (tertiary/aromatic N) is 2. The van der Waals surface area contributed by atoms with Crippen molar-refractivity contribution in [3.8, 4) is 6.07 Å². The number of likely N-dealkylation sites (N-methyl/N-ethyl adjacent to an activating group) is 1. The Morgan fingerprint density at radius 2 is 2.21 bits per heavy atom. The standard InChI is InChI=1S/C14H20N4O/c1-2-18(11-14(19)17-9-5-8-15)10-12-6-3-4-7-13(12)16/h3-4,6-7H,2,5,9-11,16H2,1H3,(H,17,19). The van der Waals surface area contributed by atoms with Gasteiger partial charge in [0.05, 0.1) is 19.0 Å². The largest absolute Gasteiger partial charge is 0.398 e. The highest BCUT2D eigenvalue weighted by molar-refractivity contribution is 5.78. The number of benzene rings is 1. The van der Waals surface area contributed by atoms with Crippen molar-refractivity contribution < 1.29 is 4.79 Å². The molecule has 0 spiro atoms. The Hall–Kier alpha value is -2.06. The molecule has 19 heavy (non-hydrogen) atoms. The third-order valence-corrected chi connectivity index (χ3v) is 2.82. The third kappa shape index (κ3) is 5.40. The Kier molecular flexibility index (Phi) is 6.41. The minimum absolute atomic E-state index is 0.0633. The van der Waals surface area contributed by atoms with Gasteiger partial charge in [-0.1, -0.05) is 25.1 Å². The van der Waals surface area contributed by atoms with Crippen molar-refractivity contribution in [2.45, 2.75) is 19.9 Å². The van der Waals surface area contributed by atoms with Crippen LogP contribution in [0.4, 0.5) is 5.69 Å². The molecule has 1 aromatic rings. The van der Waals surface area contributed by atoms with Crippen LogP contribution in [-0.2, 0) is 11.3 Å². The lowest BCUT2D eigenvalue weighted by Gasteiger charge is -2.20. The molecule has 0 aliphatic heterocycles. The zero-order valence-electron chi connectivity index (χ0n) is 11.2. The van der Waals surface area contributed by atoms with E-state index in [9.17, 15) is 4.79 Å². The molecule has 5 nitrogen and oxygen atoms in total. The molecule has 0 radical (unpaired) electrons. The molecule has 0 aliphatic rings. The summed E-state index contributed by atoms with van der Waals surface area (Å²) in [5.41, 5.74) is 7.65. The van der Waals surface area contributed by atoms with Gasteiger partial charge in [-0.3, -0.25) is 9.69 Å². The van der Waals surface area contributed by atoms with Crippen molar-refractivity contribution in [3.05, 3.63) is 29.8 Å². The van der Waals surface area contributed by atoms with E-state index in [4.69, 9.17) is 11.0 Å². The Morgan fingerprint density at radius 3 is 2.84 bits per heavy atom. The van der Waals surface area contributed by atoms with E-state index in [1.807, 2.05) is 42.2 Å². The molecule has 1 rings (SSSR count). The fraction of sp³-hybridized carbons (Fsp3) is 0.429. The maximum atomic E-state index is 11.7. The van der Waals surface area contributed by atoms with Crippen LogP contribution in [0.1, 0.15) is 18.9 Å². The summed E-state index contributed by atoms with van der Waals surface area (Å²) in [7, 11) is 0. The first-order valence-corrected chi connectivity index (χ1v) is 6.36. The average Bonchev–Trinajstić information content (AvgIpc) is 2.40. The van der Waals surface area contributed by atoms with Gasteiger partial charge in [-0.25, -0.2) is 0 Å². The van der Waals surface area contributed by atoms with Gasteiger partial charge in [-0.2, -0.15) is 5.26 Å². The monoisotopic (exact) mass is 260 g/mol. The number of amides is 1. The second kappa shape index (κ2) is 8.11. The summed E-state index contributed by atoms with van der Waals surface area (Å²) in [4.78, 5) is 13.7. The highest BCUT2D eigenvalue weighted by Gasteiger charge is 2.10. The normalized spacial score (nSPS) is 10.2. The predicted molar refractivity (Wildman–Crippen MR) is 75.0 cm³/mol. The second-order valence-corrected chi connectivity index (χ2v) is 4.26. The molecule has 0 fully saturated rings. The van der Waals surface area contributed by atoms with Gasteiger partial charge in [0.25, 0.3) is 0 Å². The van der Waals surface area contributed by atoms with Crippen LogP contribution in [0.2, 0.25) is 0 Å². The van der Waals surface area contributed by atoms with E-state index in [-0.39, 0.29) is 5.91 Å². The number of nitrogens with one attached hydrogen (secondary N) is 1. The maximum absolute atomic E-state index is 11.7. The number of para-hydroxylation sites is 1. The molecule has 1 amide bonds. The Labute approximate surface area is 114 Å². The van der Waals surface area contributed by atoms with Crippen molar-refractivity contribution in [1.82, 2.24) is 10.2 Å². The summed E-state index contributed by atoms with van der Waals surface area (Å²) in [6, 6.07) is 9.64. The van der Waals surface area contributed by atoms with Crippen LogP contribution in [-0.4, -0.2) is 30.4 Å². The quantitative estimate of drug-likeness (QED) is 0.568. The van der Waals surface area contributed by atoms with E-state index in [2.05, 4.69) is 5.32 Å². The van der Waals surface area contributed by atoms with E-state index in [1.165, 1.54) is 0 Å². The van der Waals surface area contributed by atoms with Crippen LogP contribution in [0.5, 0.6) is 0 Å². The second-order valence-electron chi connectivity index (χ2n) is 4.26. The van der Waals surface area contributed by atoms with Gasteiger partial charge >= 0.3 is 0 Å². The van der Waals surface area contributed by atoms with Crippen LogP contribution in [0.3, 0.4) is 0 Å². The van der Waals surface area contributed by atoms with E-state index < -0.39 is 0 Å². The summed E-state index contributed by atoms with van der Waals surface area (Å²) in [6.45, 7) is 4.13. The van der Waals surface area contributed by atoms with Crippen molar-refractivity contribution >= 4 is 11.6 Å². The number of carbonyl (C=O) groups excluding carboxylic acids is 1. The Balaban J connectivity index is 2.48. The van der Waals surface area contributed by atoms with Crippen molar-refractivity contribution in [2.24, 2.45) is 0 Å². The summed E-state index contributed by atoms with van der Waals surface area (Å²) < 4.78 is 0. The third-order valence-electron chi connectivity index (χ3n) is 2.82. The van der Waals surface area contributed by atoms with Gasteiger partial charge in [0.2, 0.25) is 5.91 Å². The van der Waals surface area contributed by atoms with Gasteiger partial charge in [0.1, 0.15) is 0 Å². The van der Waals surface area contributed by atoms with Gasteiger partial charge in [-0.15, -0.1) is 0 Å². The van der Waals surface area contributed by atoms with Crippen LogP contribution in [0.25, 0.3) is 0 Å². The van der Waals surface area contributed by atoms with Crippen LogP contribution in [0, 0.1) is 11.3 Å². The number of carbonyl (C=O) groups is 1. The number of nitrogens with two attached hydrogens (primary N) is 1. The lowest BCUT2D eigenvalue weighted by Crippen LogP contribution is -2.37. The van der Waals surface area contributed by atoms with Crippen LogP contribution < -0.4 is 11.1 Å². The van der Waals surface area contributed by atoms with E-state index in [1.54, 1.807) is 0 Å². The van der Waals surface area contributed by atoms with Crippen molar-refractivity contribution in [2.75, 3.05) is 25.4 Å². The molecule has 0 heterocycles. The minimum Gasteiger partial charge on any atom is -0.398 e. The van der Waals surface area contributed by atoms with Gasteiger partial charge in [0, 0.05) is 18.8 Å². The average molecular weight is 260 g/mol. The van der Waals surface area contributed by atoms with Crippen molar-refractivity contribution in [3.63, 3.8) is 0 Å². The zero-order chi connectivity index (χ0) is 14.1.